The summed E-state index contributed by atoms with van der Waals surface area (Å²) in [4.78, 5) is 58.0. The van der Waals surface area contributed by atoms with E-state index in [1.165, 1.54) is 4.90 Å². The van der Waals surface area contributed by atoms with Gasteiger partial charge in [0.25, 0.3) is 11.8 Å². The molecule has 4 rings (SSSR count). The summed E-state index contributed by atoms with van der Waals surface area (Å²) in [6.07, 6.45) is 0. The Morgan fingerprint density at radius 3 is 1.95 bits per heavy atom. The van der Waals surface area contributed by atoms with E-state index in [2.05, 4.69) is 0 Å². The quantitative estimate of drug-likeness (QED) is 0.165. The van der Waals surface area contributed by atoms with E-state index < -0.39 is 11.9 Å². The monoisotopic (exact) mass is 619 g/mol. The number of rotatable bonds is 10. The number of fused-ring (bicyclic) bond motifs is 1. The van der Waals surface area contributed by atoms with Crippen molar-refractivity contribution in [3.8, 4) is 0 Å². The highest BCUT2D eigenvalue weighted by Gasteiger charge is 2.39. The first-order valence-electron chi connectivity index (χ1n) is 13.5. The zero-order valence-electron chi connectivity index (χ0n) is 23.5. The number of nitrogens with zero attached hydrogens (tertiary/aromatic N) is 3. The van der Waals surface area contributed by atoms with Crippen molar-refractivity contribution in [2.45, 2.75) is 33.7 Å². The average Bonchev–Trinajstić information content (AvgIpc) is 3.51. The largest absolute Gasteiger partial charge is 0.462 e. The molecule has 0 unspecified atom stereocenters. The number of ether oxygens (including phenoxy) is 3. The molecule has 13 heteroatoms. The van der Waals surface area contributed by atoms with Crippen LogP contribution in [-0.4, -0.2) is 102 Å². The van der Waals surface area contributed by atoms with Crippen LogP contribution in [0.2, 0.25) is 0 Å². The second kappa shape index (κ2) is 13.9. The lowest BCUT2D eigenvalue weighted by Crippen LogP contribution is -2.47. The first kappa shape index (κ1) is 31.1. The van der Waals surface area contributed by atoms with E-state index in [4.69, 9.17) is 26.4 Å². The summed E-state index contributed by atoms with van der Waals surface area (Å²) in [7, 11) is 0. The molecule has 0 saturated carbocycles. The average molecular weight is 620 g/mol. The SMILES string of the molecule is CCOC(=O)C1=C(C(=O)OCC)SC(=C(C(=S)N2CCOCC2)N(CCN2C(=O)c3ccccc3C2=O)C(C)C)S1. The number of thioether (sulfide) groups is 2. The minimum atomic E-state index is -0.609. The maximum absolute atomic E-state index is 13.1. The van der Waals surface area contributed by atoms with E-state index >= 15 is 0 Å². The molecule has 0 atom stereocenters. The Labute approximate surface area is 253 Å². The third kappa shape index (κ3) is 6.63. The van der Waals surface area contributed by atoms with Gasteiger partial charge in [-0.2, -0.15) is 0 Å². The summed E-state index contributed by atoms with van der Waals surface area (Å²) < 4.78 is 16.7. The lowest BCUT2D eigenvalue weighted by atomic mass is 10.1. The highest BCUT2D eigenvalue weighted by atomic mass is 32.2. The van der Waals surface area contributed by atoms with Crippen LogP contribution in [0.25, 0.3) is 0 Å². The molecule has 41 heavy (non-hydrogen) atoms. The van der Waals surface area contributed by atoms with Crippen LogP contribution >= 0.6 is 35.7 Å². The van der Waals surface area contributed by atoms with Crippen LogP contribution in [0.5, 0.6) is 0 Å². The van der Waals surface area contributed by atoms with E-state index in [1.807, 2.05) is 23.6 Å². The molecule has 0 aromatic heterocycles. The van der Waals surface area contributed by atoms with Crippen molar-refractivity contribution < 1.29 is 33.4 Å². The molecule has 3 aliphatic heterocycles. The maximum atomic E-state index is 13.1. The van der Waals surface area contributed by atoms with Gasteiger partial charge in [-0.15, -0.1) is 0 Å². The van der Waals surface area contributed by atoms with Crippen LogP contribution < -0.4 is 0 Å². The third-order valence-electron chi connectivity index (χ3n) is 6.56. The summed E-state index contributed by atoms with van der Waals surface area (Å²) in [6, 6.07) is 6.68. The zero-order valence-corrected chi connectivity index (χ0v) is 25.9. The molecule has 1 saturated heterocycles. The van der Waals surface area contributed by atoms with Crippen molar-refractivity contribution in [2.75, 3.05) is 52.6 Å². The van der Waals surface area contributed by atoms with Crippen LogP contribution in [0.3, 0.4) is 0 Å². The highest BCUT2D eigenvalue weighted by molar-refractivity contribution is 8.29. The van der Waals surface area contributed by atoms with E-state index in [-0.39, 0.29) is 54.0 Å². The second-order valence-corrected chi connectivity index (χ2v) is 12.1. The molecule has 1 aromatic carbocycles. The summed E-state index contributed by atoms with van der Waals surface area (Å²) in [6.45, 7) is 10.3. The predicted molar refractivity (Wildman–Crippen MR) is 161 cm³/mol. The topological polar surface area (TPSA) is 106 Å². The highest BCUT2D eigenvalue weighted by Crippen LogP contribution is 2.52. The van der Waals surface area contributed by atoms with Crippen molar-refractivity contribution in [3.05, 3.63) is 55.1 Å². The molecular weight excluding hydrogens is 587 g/mol. The Bertz CT molecular complexity index is 1240. The molecule has 1 aromatic rings. The van der Waals surface area contributed by atoms with Gasteiger partial charge in [-0.25, -0.2) is 9.59 Å². The Hall–Kier alpha value is -2.87. The van der Waals surface area contributed by atoms with Crippen molar-refractivity contribution in [3.63, 3.8) is 0 Å². The van der Waals surface area contributed by atoms with Gasteiger partial charge < -0.3 is 24.0 Å². The number of amides is 2. The van der Waals surface area contributed by atoms with Gasteiger partial charge in [-0.3, -0.25) is 14.5 Å². The zero-order chi connectivity index (χ0) is 29.7. The summed E-state index contributed by atoms with van der Waals surface area (Å²) in [5.41, 5.74) is 1.42. The summed E-state index contributed by atoms with van der Waals surface area (Å²) >= 11 is 8.29. The van der Waals surface area contributed by atoms with Crippen LogP contribution in [0, 0.1) is 0 Å². The van der Waals surface area contributed by atoms with Crippen molar-refractivity contribution in [1.29, 1.82) is 0 Å². The molecule has 3 heterocycles. The van der Waals surface area contributed by atoms with Crippen LogP contribution in [-0.2, 0) is 23.8 Å². The fourth-order valence-corrected chi connectivity index (χ4v) is 7.66. The van der Waals surface area contributed by atoms with Gasteiger partial charge in [0, 0.05) is 32.2 Å². The maximum Gasteiger partial charge on any atom is 0.346 e. The molecule has 0 radical (unpaired) electrons. The Morgan fingerprint density at radius 1 is 0.976 bits per heavy atom. The fraction of sp³-hybridized carbons (Fsp3) is 0.464. The van der Waals surface area contributed by atoms with Gasteiger partial charge in [-0.1, -0.05) is 47.9 Å². The predicted octanol–water partition coefficient (Wildman–Crippen LogP) is 3.64. The molecule has 2 amide bonds. The minimum Gasteiger partial charge on any atom is -0.462 e. The van der Waals surface area contributed by atoms with Gasteiger partial charge >= 0.3 is 11.9 Å². The van der Waals surface area contributed by atoms with Crippen LogP contribution in [0.15, 0.2) is 44.0 Å². The van der Waals surface area contributed by atoms with Crippen LogP contribution in [0.1, 0.15) is 48.4 Å². The molecule has 0 N–H and O–H groups in total. The lowest BCUT2D eigenvalue weighted by Gasteiger charge is -2.38. The van der Waals surface area contributed by atoms with E-state index in [0.29, 0.717) is 52.4 Å². The van der Waals surface area contributed by atoms with Gasteiger partial charge in [-0.05, 0) is 39.8 Å². The summed E-state index contributed by atoms with van der Waals surface area (Å²) in [5, 5.41) is 0. The Kier molecular flexibility index (Phi) is 10.5. The van der Waals surface area contributed by atoms with E-state index in [1.54, 1.807) is 38.1 Å². The van der Waals surface area contributed by atoms with E-state index in [9.17, 15) is 19.2 Å². The van der Waals surface area contributed by atoms with Gasteiger partial charge in [0.2, 0.25) is 0 Å². The number of hydrogen-bond donors (Lipinski definition) is 0. The molecule has 1 fully saturated rings. The molecule has 10 nitrogen and oxygen atoms in total. The number of carbonyl (C=O) groups is 4. The smallest absolute Gasteiger partial charge is 0.346 e. The molecular formula is C28H33N3O7S3. The number of morpholine rings is 1. The molecule has 0 bridgehead atoms. The first-order chi connectivity index (χ1) is 19.7. The number of esters is 2. The van der Waals surface area contributed by atoms with Gasteiger partial charge in [0.1, 0.15) is 14.8 Å². The fourth-order valence-electron chi connectivity index (χ4n) is 4.58. The van der Waals surface area contributed by atoms with E-state index in [0.717, 1.165) is 23.5 Å². The van der Waals surface area contributed by atoms with Gasteiger partial charge in [0.15, 0.2) is 0 Å². The molecule has 220 valence electrons. The minimum absolute atomic E-state index is 0.106. The second-order valence-electron chi connectivity index (χ2n) is 9.44. The van der Waals surface area contributed by atoms with Crippen LogP contribution in [0.4, 0.5) is 0 Å². The number of benzene rings is 1. The Morgan fingerprint density at radius 2 is 1.49 bits per heavy atom. The standard InChI is InChI=1S/C28H33N3O7S3/c1-5-37-26(34)21-22(27(35)38-6-2)41-28(40-21)20(25(39)29-13-15-36-16-14-29)30(17(3)4)11-12-31-23(32)18-9-7-8-10-19(18)24(31)33/h7-10,17H,5-6,11-16H2,1-4H3. The molecule has 0 aliphatic carbocycles. The summed E-state index contributed by atoms with van der Waals surface area (Å²) in [5.74, 6) is -1.89. The number of carbonyl (C=O) groups excluding carboxylic acids is 4. The lowest BCUT2D eigenvalue weighted by molar-refractivity contribution is -0.140. The van der Waals surface area contributed by atoms with Crippen molar-refractivity contribution in [2.24, 2.45) is 0 Å². The first-order valence-corrected chi connectivity index (χ1v) is 15.5. The van der Waals surface area contributed by atoms with Crippen molar-refractivity contribution >= 4 is 64.5 Å². The molecule has 3 aliphatic rings. The normalized spacial score (nSPS) is 16.9. The molecule has 0 spiro atoms. The van der Waals surface area contributed by atoms with Gasteiger partial charge in [0.05, 0.1) is 47.5 Å². The van der Waals surface area contributed by atoms with Crippen molar-refractivity contribution in [1.82, 2.24) is 14.7 Å². The Balaban J connectivity index is 1.70. The number of thiocarbonyl (C=S) groups is 1. The third-order valence-corrected chi connectivity index (χ3v) is 9.55. The number of imide groups is 1. The number of hydrogen-bond acceptors (Lipinski definition) is 11.